The number of pyridine rings is 2. The Morgan fingerprint density at radius 3 is 2.76 bits per heavy atom. The van der Waals surface area contributed by atoms with E-state index < -0.39 is 17.7 Å². The maximum Gasteiger partial charge on any atom is 0.255 e. The number of nitrogens with one attached hydrogen (secondary N) is 2. The molecule has 0 aromatic carbocycles. The fourth-order valence-electron chi connectivity index (χ4n) is 2.98. The van der Waals surface area contributed by atoms with Crippen molar-refractivity contribution in [3.8, 4) is 11.9 Å². The van der Waals surface area contributed by atoms with Crippen LogP contribution >= 0.6 is 11.3 Å². The number of nitrogens with zero attached hydrogens (tertiary/aromatic N) is 7. The van der Waals surface area contributed by atoms with E-state index in [9.17, 15) is 14.3 Å². The van der Waals surface area contributed by atoms with Gasteiger partial charge in [-0.2, -0.15) is 15.0 Å². The Morgan fingerprint density at radius 1 is 1.29 bits per heavy atom. The van der Waals surface area contributed by atoms with Gasteiger partial charge in [-0.25, -0.2) is 14.4 Å². The summed E-state index contributed by atoms with van der Waals surface area (Å²) in [5, 5.41) is 38.5. The molecule has 34 heavy (non-hydrogen) atoms. The number of halogens is 1. The number of carbonyl (C=O) groups excluding carboxylic acids is 1. The summed E-state index contributed by atoms with van der Waals surface area (Å²) in [7, 11) is 0. The van der Waals surface area contributed by atoms with Gasteiger partial charge in [-0.15, -0.1) is 10.2 Å². The summed E-state index contributed by atoms with van der Waals surface area (Å²) >= 11 is 1.29. The zero-order chi connectivity index (χ0) is 24.5. The van der Waals surface area contributed by atoms with E-state index >= 15 is 0 Å². The van der Waals surface area contributed by atoms with E-state index in [2.05, 4.69) is 35.9 Å². The average molecular weight is 482 g/mol. The first-order chi connectivity index (χ1) is 16.2. The van der Waals surface area contributed by atoms with Crippen LogP contribution < -0.4 is 10.6 Å². The van der Waals surface area contributed by atoms with Crippen molar-refractivity contribution in [2.45, 2.75) is 32.5 Å². The van der Waals surface area contributed by atoms with Crippen LogP contribution in [0.1, 0.15) is 34.8 Å². The number of aliphatic hydroxyl groups is 1. The maximum absolute atomic E-state index is 14.1. The van der Waals surface area contributed by atoms with Gasteiger partial charge in [-0.05, 0) is 26.8 Å². The number of aryl methyl sites for hydroxylation is 1. The first-order valence-electron chi connectivity index (χ1n) is 10.1. The highest BCUT2D eigenvalue weighted by atomic mass is 32.1. The highest BCUT2D eigenvalue weighted by Crippen LogP contribution is 2.26. The zero-order valence-corrected chi connectivity index (χ0v) is 19.3. The second-order valence-electron chi connectivity index (χ2n) is 7.98. The second kappa shape index (κ2) is 9.08. The van der Waals surface area contributed by atoms with Gasteiger partial charge in [-0.1, -0.05) is 11.3 Å². The van der Waals surface area contributed by atoms with E-state index in [1.54, 1.807) is 25.3 Å². The molecule has 174 valence electrons. The molecule has 0 spiro atoms. The van der Waals surface area contributed by atoms with Gasteiger partial charge in [-0.3, -0.25) is 4.79 Å². The summed E-state index contributed by atoms with van der Waals surface area (Å²) in [5.41, 5.74) is -0.240. The van der Waals surface area contributed by atoms with Crippen LogP contribution in [-0.2, 0) is 0 Å². The molecule has 0 saturated heterocycles. The molecule has 0 fully saturated rings. The van der Waals surface area contributed by atoms with E-state index in [4.69, 9.17) is 5.26 Å². The number of hydrogen-bond acceptors (Lipinski definition) is 10. The van der Waals surface area contributed by atoms with Crippen molar-refractivity contribution in [1.29, 1.82) is 5.26 Å². The van der Waals surface area contributed by atoms with Crippen LogP contribution in [0.25, 0.3) is 16.9 Å². The monoisotopic (exact) mass is 481 g/mol. The fraction of sp³-hybridized carbons (Fsp3) is 0.286. The van der Waals surface area contributed by atoms with Crippen LogP contribution in [0.5, 0.6) is 0 Å². The molecule has 11 nitrogen and oxygen atoms in total. The van der Waals surface area contributed by atoms with Crippen molar-refractivity contribution >= 4 is 39.1 Å². The SMILES string of the molecule is Cc1nnc(Nc2cc(-n3ncc4cc(C#N)cnc43)ncc2C(=O)NCC(F)C(C)(C)O)s1. The number of hydrogen-bond donors (Lipinski definition) is 3. The molecule has 0 aliphatic carbocycles. The number of fused-ring (bicyclic) bond motifs is 1. The van der Waals surface area contributed by atoms with E-state index in [-0.39, 0.29) is 12.1 Å². The predicted molar refractivity (Wildman–Crippen MR) is 123 cm³/mol. The summed E-state index contributed by atoms with van der Waals surface area (Å²) in [6, 6.07) is 5.28. The van der Waals surface area contributed by atoms with Gasteiger partial charge in [0.1, 0.15) is 17.2 Å². The highest BCUT2D eigenvalue weighted by Gasteiger charge is 2.27. The fourth-order valence-corrected chi connectivity index (χ4v) is 3.59. The smallest absolute Gasteiger partial charge is 0.255 e. The molecule has 1 unspecified atom stereocenters. The Bertz CT molecular complexity index is 1400. The summed E-state index contributed by atoms with van der Waals surface area (Å²) in [6.45, 7) is 4.07. The number of nitriles is 1. The Labute approximate surface area is 197 Å². The van der Waals surface area contributed by atoms with Gasteiger partial charge in [0.2, 0.25) is 5.13 Å². The molecule has 0 aliphatic rings. The average Bonchev–Trinajstić information content (AvgIpc) is 3.41. The van der Waals surface area contributed by atoms with Gasteiger partial charge >= 0.3 is 0 Å². The molecule has 4 aromatic rings. The molecule has 0 bridgehead atoms. The lowest BCUT2D eigenvalue weighted by Crippen LogP contribution is -2.42. The summed E-state index contributed by atoms with van der Waals surface area (Å²) in [4.78, 5) is 21.5. The van der Waals surface area contributed by atoms with Gasteiger partial charge in [0.25, 0.3) is 5.91 Å². The van der Waals surface area contributed by atoms with Crippen LogP contribution in [0.4, 0.5) is 15.2 Å². The van der Waals surface area contributed by atoms with E-state index in [1.807, 2.05) is 6.07 Å². The number of carbonyl (C=O) groups is 1. The van der Waals surface area contributed by atoms with E-state index in [0.29, 0.717) is 33.2 Å². The third-order valence-electron chi connectivity index (χ3n) is 4.86. The number of anilines is 2. The first-order valence-corrected chi connectivity index (χ1v) is 10.9. The minimum atomic E-state index is -1.66. The van der Waals surface area contributed by atoms with Crippen molar-refractivity contribution in [1.82, 2.24) is 35.3 Å². The lowest BCUT2D eigenvalue weighted by atomic mass is 10.0. The van der Waals surface area contributed by atoms with Crippen LogP contribution in [0.2, 0.25) is 0 Å². The van der Waals surface area contributed by atoms with Crippen molar-refractivity contribution in [3.63, 3.8) is 0 Å². The second-order valence-corrected chi connectivity index (χ2v) is 9.16. The van der Waals surface area contributed by atoms with E-state index in [1.165, 1.54) is 42.3 Å². The van der Waals surface area contributed by atoms with Gasteiger partial charge < -0.3 is 15.7 Å². The molecule has 3 N–H and O–H groups in total. The van der Waals surface area contributed by atoms with Crippen molar-refractivity contribution in [3.05, 3.63) is 46.9 Å². The Hall–Kier alpha value is -4.02. The predicted octanol–water partition coefficient (Wildman–Crippen LogP) is 2.43. The lowest BCUT2D eigenvalue weighted by Gasteiger charge is -2.22. The third kappa shape index (κ3) is 4.82. The molecule has 4 rings (SSSR count). The molecule has 0 radical (unpaired) electrons. The maximum atomic E-state index is 14.1. The lowest BCUT2D eigenvalue weighted by molar-refractivity contribution is -0.00177. The molecule has 4 aromatic heterocycles. The third-order valence-corrected chi connectivity index (χ3v) is 5.62. The molecule has 13 heteroatoms. The minimum absolute atomic E-state index is 0.135. The summed E-state index contributed by atoms with van der Waals surface area (Å²) < 4.78 is 15.6. The summed E-state index contributed by atoms with van der Waals surface area (Å²) in [5.74, 6) is -0.232. The first kappa shape index (κ1) is 23.1. The standard InChI is InChI=1S/C21H20FN9O2S/c1-11-29-30-20(34-11)28-15-5-17(31-18-13(8-27-31)4-12(6-23)7-25-18)24-9-14(15)19(32)26-10-16(22)21(2,3)33/h4-5,7-9,16,33H,10H2,1-3H3,(H,26,32)(H,24,28,30). The van der Waals surface area contributed by atoms with Crippen LogP contribution in [0, 0.1) is 18.3 Å². The highest BCUT2D eigenvalue weighted by molar-refractivity contribution is 7.15. The van der Waals surface area contributed by atoms with Gasteiger partial charge in [0.05, 0.1) is 35.2 Å². The number of alkyl halides is 1. The van der Waals surface area contributed by atoms with E-state index in [0.717, 1.165) is 5.01 Å². The minimum Gasteiger partial charge on any atom is -0.387 e. The zero-order valence-electron chi connectivity index (χ0n) is 18.4. The van der Waals surface area contributed by atoms with Crippen LogP contribution in [0.3, 0.4) is 0 Å². The molecular weight excluding hydrogens is 461 g/mol. The normalized spacial score (nSPS) is 12.4. The van der Waals surface area contributed by atoms with Crippen molar-refractivity contribution in [2.75, 3.05) is 11.9 Å². The topological polar surface area (TPSA) is 155 Å². The molecule has 1 amide bonds. The molecular formula is C21H20FN9O2S. The Morgan fingerprint density at radius 2 is 2.09 bits per heavy atom. The number of amides is 1. The number of aromatic nitrogens is 6. The van der Waals surface area contributed by atoms with Crippen molar-refractivity contribution < 1.29 is 14.3 Å². The molecule has 1 atom stereocenters. The molecule has 0 saturated carbocycles. The Kier molecular flexibility index (Phi) is 6.18. The molecule has 4 heterocycles. The van der Waals surface area contributed by atoms with Crippen molar-refractivity contribution in [2.24, 2.45) is 0 Å². The molecule has 0 aliphatic heterocycles. The Balaban J connectivity index is 1.70. The van der Waals surface area contributed by atoms with Crippen LogP contribution in [-0.4, -0.2) is 59.3 Å². The quantitative estimate of drug-likeness (QED) is 0.361. The van der Waals surface area contributed by atoms with Gasteiger partial charge in [0, 0.05) is 23.8 Å². The van der Waals surface area contributed by atoms with Crippen LogP contribution in [0.15, 0.2) is 30.7 Å². The largest absolute Gasteiger partial charge is 0.387 e. The van der Waals surface area contributed by atoms with Gasteiger partial charge in [0.15, 0.2) is 11.5 Å². The number of rotatable bonds is 7. The summed E-state index contributed by atoms with van der Waals surface area (Å²) in [6.07, 6.45) is 2.66.